The van der Waals surface area contributed by atoms with Crippen LogP contribution in [0, 0.1) is 11.6 Å². The summed E-state index contributed by atoms with van der Waals surface area (Å²) < 4.78 is 52.4. The molecule has 100 valence electrons. The maximum atomic E-state index is 13.3. The molecule has 0 aromatic heterocycles. The van der Waals surface area contributed by atoms with Crippen LogP contribution in [0.15, 0.2) is 47.4 Å². The van der Waals surface area contributed by atoms with E-state index in [-0.39, 0.29) is 46.8 Å². The predicted octanol–water partition coefficient (Wildman–Crippen LogP) is -0.214. The van der Waals surface area contributed by atoms with E-state index in [2.05, 4.69) is 0 Å². The molecule has 1 unspecified atom stereocenters. The second kappa shape index (κ2) is 7.85. The molecule has 0 amide bonds. The summed E-state index contributed by atoms with van der Waals surface area (Å²) in [5.41, 5.74) is 0.679. The average molecular weight is 306 g/mol. The van der Waals surface area contributed by atoms with Gasteiger partial charge in [-0.25, -0.2) is 8.78 Å². The number of benzene rings is 2. The molecule has 3 nitrogen and oxygen atoms in total. The average Bonchev–Trinajstić information content (AvgIpc) is 2.38. The molecule has 0 saturated carbocycles. The Bertz CT molecular complexity index is 605. The molecule has 0 bridgehead atoms. The van der Waals surface area contributed by atoms with Gasteiger partial charge in [0, 0.05) is 11.0 Å². The van der Waals surface area contributed by atoms with Gasteiger partial charge in [-0.2, -0.15) is 0 Å². The van der Waals surface area contributed by atoms with Crippen molar-refractivity contribution in [2.24, 2.45) is 0 Å². The van der Waals surface area contributed by atoms with Crippen molar-refractivity contribution in [1.82, 2.24) is 0 Å². The van der Waals surface area contributed by atoms with E-state index in [0.29, 0.717) is 5.56 Å². The Hall–Kier alpha value is -0.790. The van der Waals surface area contributed by atoms with Crippen LogP contribution in [0.5, 0.6) is 5.75 Å². The molecule has 2 rings (SSSR count). The van der Waals surface area contributed by atoms with Crippen LogP contribution < -0.4 is 34.3 Å². The Morgan fingerprint density at radius 2 is 1.75 bits per heavy atom. The van der Waals surface area contributed by atoms with E-state index in [1.54, 1.807) is 12.1 Å². The molecular weight excluding hydrogens is 297 g/mol. The maximum Gasteiger partial charge on any atom is 1.00 e. The molecule has 20 heavy (non-hydrogen) atoms. The first-order valence-electron chi connectivity index (χ1n) is 5.32. The zero-order valence-electron chi connectivity index (χ0n) is 10.6. The molecule has 0 aliphatic rings. The molecule has 0 N–H and O–H groups in total. The molecule has 0 heterocycles. The van der Waals surface area contributed by atoms with Gasteiger partial charge in [0.2, 0.25) is 0 Å². The quantitative estimate of drug-likeness (QED) is 0.580. The van der Waals surface area contributed by atoms with Gasteiger partial charge in [-0.15, -0.1) is 0 Å². The summed E-state index contributed by atoms with van der Waals surface area (Å²) >= 11 is -2.28. The number of halogens is 2. The van der Waals surface area contributed by atoms with Crippen LogP contribution in [0.3, 0.4) is 0 Å². The summed E-state index contributed by atoms with van der Waals surface area (Å²) in [6.07, 6.45) is 0. The summed E-state index contributed by atoms with van der Waals surface area (Å²) in [5.74, 6) is -1.51. The van der Waals surface area contributed by atoms with E-state index in [4.69, 9.17) is 4.74 Å². The fraction of sp³-hybridized carbons (Fsp3) is 0.0769. The van der Waals surface area contributed by atoms with E-state index >= 15 is 0 Å². The van der Waals surface area contributed by atoms with Crippen LogP contribution in [0.1, 0.15) is 5.56 Å². The van der Waals surface area contributed by atoms with Crippen molar-refractivity contribution in [3.63, 3.8) is 0 Å². The minimum absolute atomic E-state index is 0. The summed E-state index contributed by atoms with van der Waals surface area (Å²) in [5, 5.41) is 0. The van der Waals surface area contributed by atoms with Gasteiger partial charge in [0.1, 0.15) is 12.4 Å². The minimum atomic E-state index is -2.28. The summed E-state index contributed by atoms with van der Waals surface area (Å²) in [6, 6.07) is 9.00. The topological polar surface area (TPSA) is 49.4 Å². The molecule has 0 fully saturated rings. The molecule has 2 aromatic carbocycles. The van der Waals surface area contributed by atoms with Crippen molar-refractivity contribution in [2.75, 3.05) is 0 Å². The third-order valence-corrected chi connectivity index (χ3v) is 3.06. The molecule has 0 aliphatic heterocycles. The fourth-order valence-corrected chi connectivity index (χ4v) is 1.81. The number of ether oxygens (including phenoxy) is 1. The summed E-state index contributed by atoms with van der Waals surface area (Å²) in [6.45, 7) is 0.0638. The van der Waals surface area contributed by atoms with E-state index in [1.165, 1.54) is 18.2 Å². The maximum absolute atomic E-state index is 13.3. The van der Waals surface area contributed by atoms with Gasteiger partial charge in [0.05, 0.1) is 0 Å². The van der Waals surface area contributed by atoms with Gasteiger partial charge in [-0.3, -0.25) is 4.21 Å². The normalized spacial score (nSPS) is 11.6. The standard InChI is InChI=1S/C13H10F2O3S.Na/c14-10-3-6-13(12(15)7-10)18-8-9-1-4-11(5-2-9)19(16)17;/h1-7H,8H2,(H,16,17);/q;+1/p-1. The van der Waals surface area contributed by atoms with Crippen LogP contribution >= 0.6 is 0 Å². The molecule has 0 spiro atoms. The first-order valence-corrected chi connectivity index (χ1v) is 6.40. The Morgan fingerprint density at radius 3 is 2.30 bits per heavy atom. The zero-order valence-corrected chi connectivity index (χ0v) is 13.5. The van der Waals surface area contributed by atoms with E-state index < -0.39 is 22.7 Å². The predicted molar refractivity (Wildman–Crippen MR) is 64.3 cm³/mol. The van der Waals surface area contributed by atoms with Gasteiger partial charge < -0.3 is 9.29 Å². The largest absolute Gasteiger partial charge is 1.00 e. The van der Waals surface area contributed by atoms with Gasteiger partial charge >= 0.3 is 29.6 Å². The first-order chi connectivity index (χ1) is 9.06. The Balaban J connectivity index is 0.00000200. The molecule has 0 radical (unpaired) electrons. The molecular formula is C13H9F2NaO3S. The van der Waals surface area contributed by atoms with Crippen molar-refractivity contribution in [3.05, 3.63) is 59.7 Å². The summed E-state index contributed by atoms with van der Waals surface area (Å²) in [7, 11) is 0. The fourth-order valence-electron chi connectivity index (χ4n) is 1.45. The third kappa shape index (κ3) is 4.64. The third-order valence-electron chi connectivity index (χ3n) is 2.40. The molecule has 7 heteroatoms. The summed E-state index contributed by atoms with van der Waals surface area (Å²) in [4.78, 5) is 0.164. The molecule has 1 atom stereocenters. The molecule has 0 saturated heterocycles. The zero-order chi connectivity index (χ0) is 13.8. The van der Waals surface area contributed by atoms with E-state index in [9.17, 15) is 17.5 Å². The van der Waals surface area contributed by atoms with Gasteiger partial charge in [-0.05, 0) is 40.9 Å². The van der Waals surface area contributed by atoms with Crippen molar-refractivity contribution < 1.29 is 51.8 Å². The van der Waals surface area contributed by atoms with Crippen molar-refractivity contribution in [1.29, 1.82) is 0 Å². The van der Waals surface area contributed by atoms with Crippen LogP contribution in [-0.4, -0.2) is 8.76 Å². The second-order valence-corrected chi connectivity index (χ2v) is 4.68. The number of hydrogen-bond acceptors (Lipinski definition) is 3. The first kappa shape index (κ1) is 17.3. The van der Waals surface area contributed by atoms with Gasteiger partial charge in [-0.1, -0.05) is 12.1 Å². The van der Waals surface area contributed by atoms with E-state index in [0.717, 1.165) is 12.1 Å². The number of rotatable bonds is 4. The Morgan fingerprint density at radius 1 is 1.10 bits per heavy atom. The van der Waals surface area contributed by atoms with Crippen molar-refractivity contribution >= 4 is 11.1 Å². The van der Waals surface area contributed by atoms with Crippen LogP contribution in [-0.2, 0) is 17.7 Å². The van der Waals surface area contributed by atoms with Gasteiger partial charge in [0.25, 0.3) is 0 Å². The van der Waals surface area contributed by atoms with Crippen LogP contribution in [0.2, 0.25) is 0 Å². The van der Waals surface area contributed by atoms with Crippen molar-refractivity contribution in [3.8, 4) is 5.75 Å². The minimum Gasteiger partial charge on any atom is -0.768 e. The molecule has 0 aliphatic carbocycles. The second-order valence-electron chi connectivity index (χ2n) is 3.74. The Labute approximate surface area is 139 Å². The van der Waals surface area contributed by atoms with Crippen LogP contribution in [0.25, 0.3) is 0 Å². The Kier molecular flexibility index (Phi) is 6.78. The SMILES string of the molecule is O=S([O-])c1ccc(COc2ccc(F)cc2F)cc1.[Na+]. The van der Waals surface area contributed by atoms with Crippen LogP contribution in [0.4, 0.5) is 8.78 Å². The smallest absolute Gasteiger partial charge is 0.768 e. The van der Waals surface area contributed by atoms with E-state index in [1.807, 2.05) is 0 Å². The van der Waals surface area contributed by atoms with Crippen molar-refractivity contribution in [2.45, 2.75) is 11.5 Å². The number of hydrogen-bond donors (Lipinski definition) is 0. The monoisotopic (exact) mass is 306 g/mol. The van der Waals surface area contributed by atoms with Gasteiger partial charge in [0.15, 0.2) is 11.6 Å². The molecule has 2 aromatic rings.